The molecule has 8 nitrogen and oxygen atoms in total. The van der Waals surface area contributed by atoms with E-state index < -0.39 is 0 Å². The van der Waals surface area contributed by atoms with E-state index in [2.05, 4.69) is 437 Å². The number of benzene rings is 18. The smallest absolute Gasteiger partial charge is 0.160 e. The van der Waals surface area contributed by atoms with Crippen molar-refractivity contribution >= 4 is 109 Å². The van der Waals surface area contributed by atoms with Gasteiger partial charge in [-0.25, -0.2) is 19.9 Å². The maximum Gasteiger partial charge on any atom is 0.160 e. The molecule has 0 bridgehead atoms. The van der Waals surface area contributed by atoms with Crippen LogP contribution in [-0.2, 0) is 0 Å². The van der Waals surface area contributed by atoms with E-state index in [1.807, 2.05) is 18.2 Å². The molecule has 0 saturated carbocycles. The number of para-hydroxylation sites is 6. The summed E-state index contributed by atoms with van der Waals surface area (Å²) in [4.78, 5) is 21.2. The van der Waals surface area contributed by atoms with Crippen LogP contribution in [0.3, 0.4) is 0 Å². The molecular weight excluding hydrogens is 1460 g/mol. The molecule has 6 aromatic heterocycles. The first-order valence-electron chi connectivity index (χ1n) is 40.8. The maximum absolute atomic E-state index is 5.34. The van der Waals surface area contributed by atoms with Crippen LogP contribution in [0.4, 0.5) is 0 Å². The van der Waals surface area contributed by atoms with Crippen LogP contribution < -0.4 is 0 Å². The number of hydrogen-bond donors (Lipinski definition) is 0. The van der Waals surface area contributed by atoms with Crippen LogP contribution >= 0.6 is 0 Å². The minimum absolute atomic E-state index is 0.679. The predicted octanol–water partition coefficient (Wildman–Crippen LogP) is 29.0. The summed E-state index contributed by atoms with van der Waals surface area (Å²) in [5, 5.41) is 14.4. The second-order valence-electron chi connectivity index (χ2n) is 30.8. The fraction of sp³-hybridized carbons (Fsp3) is 0. The van der Waals surface area contributed by atoms with E-state index in [0.29, 0.717) is 11.6 Å². The molecule has 0 spiro atoms. The van der Waals surface area contributed by atoms with Gasteiger partial charge in [0.25, 0.3) is 0 Å². The summed E-state index contributed by atoms with van der Waals surface area (Å²) >= 11 is 0. The van der Waals surface area contributed by atoms with Crippen LogP contribution in [0.5, 0.6) is 0 Å². The lowest BCUT2D eigenvalue weighted by molar-refractivity contribution is 1.16. The third kappa shape index (κ3) is 12.0. The molecule has 0 aliphatic rings. The van der Waals surface area contributed by atoms with Crippen molar-refractivity contribution < 1.29 is 0 Å². The van der Waals surface area contributed by atoms with E-state index in [1.165, 1.54) is 87.2 Å². The number of hydrogen-bond acceptors (Lipinski definition) is 4. The average Bonchev–Trinajstić information content (AvgIpc) is 1.57. The van der Waals surface area contributed by atoms with Gasteiger partial charge in [0.2, 0.25) is 0 Å². The number of rotatable bonds is 12. The highest BCUT2D eigenvalue weighted by atomic mass is 15.0. The lowest BCUT2D eigenvalue weighted by Crippen LogP contribution is -2.00. The Hall–Kier alpha value is -16.2. The average molecular weight is 1530 g/mol. The molecule has 0 aliphatic carbocycles. The van der Waals surface area contributed by atoms with Crippen molar-refractivity contribution in [3.8, 4) is 113 Å². The summed E-state index contributed by atoms with van der Waals surface area (Å²) < 4.78 is 9.72. The fourth-order valence-electron chi connectivity index (χ4n) is 18.2. The van der Waals surface area contributed by atoms with Gasteiger partial charge in [-0.15, -0.1) is 0 Å². The molecule has 6 heterocycles. The Morgan fingerprint density at radius 3 is 0.792 bits per heavy atom. The molecular formula is C112H72N8. The SMILES string of the molecule is c1ccc(-c2ccc(-c3cc(-c4ccccc4)nc(-c4cc(-n5c6ccccc6c6cc7c8ccccc8n(-c8ccccc8)c7cc65)c5ccccc5c4)n3)cc2)cc1.c1ccc(-c2ccc(-c3nc(-c4ccccc4)cc(-c4cc(-n5c6ccccc6c6cc7c8ccccc8n(-c8ccccc8)c7cc65)c5ccccc5c4)n3)cc2)cc1. The topological polar surface area (TPSA) is 71.3 Å². The zero-order chi connectivity index (χ0) is 79.1. The molecule has 120 heavy (non-hydrogen) atoms. The molecule has 0 atom stereocenters. The minimum Gasteiger partial charge on any atom is -0.309 e. The monoisotopic (exact) mass is 1530 g/mol. The maximum atomic E-state index is 5.34. The van der Waals surface area contributed by atoms with Gasteiger partial charge in [0.05, 0.1) is 78.3 Å². The summed E-state index contributed by atoms with van der Waals surface area (Å²) in [6.45, 7) is 0. The highest BCUT2D eigenvalue weighted by molar-refractivity contribution is 6.22. The first-order valence-corrected chi connectivity index (χ1v) is 40.8. The standard InChI is InChI=1S/2C56H36N4/c1-4-16-37(17-5-1)38-28-30-40(31-29-38)56-57-49(39-18-6-2-7-19-39)35-50(58-56)42-32-41-20-10-11-23-44(41)53(33-42)60-52-27-15-13-25-46(52)48-34-47-45-24-12-14-26-51(45)59(54(47)36-55(48)60)43-21-8-3-9-22-43;1-4-16-37(17-5-1)38-28-30-40(31-29-38)50-35-49(39-18-6-2-7-19-39)57-56(58-50)42-32-41-20-10-11-23-44(41)53(33-42)60-52-27-15-13-25-46(52)48-34-47-45-24-12-14-26-51(45)59(54(47)36-55(48)60)43-21-8-3-9-22-43/h2*1-36H. The van der Waals surface area contributed by atoms with Crippen molar-refractivity contribution in [1.29, 1.82) is 0 Å². The van der Waals surface area contributed by atoms with Crippen LogP contribution in [0, 0.1) is 0 Å². The highest BCUT2D eigenvalue weighted by Crippen LogP contribution is 2.46. The van der Waals surface area contributed by atoms with Gasteiger partial charge in [-0.05, 0) is 142 Å². The molecule has 18 aromatic carbocycles. The van der Waals surface area contributed by atoms with Crippen LogP contribution in [0.2, 0.25) is 0 Å². The Balaban J connectivity index is 0.000000140. The molecule has 8 heteroatoms. The van der Waals surface area contributed by atoms with E-state index in [0.717, 1.165) is 123 Å². The summed E-state index contributed by atoms with van der Waals surface area (Å²) in [6.07, 6.45) is 0. The van der Waals surface area contributed by atoms with Crippen LogP contribution in [0.1, 0.15) is 0 Å². The van der Waals surface area contributed by atoms with Gasteiger partial charge >= 0.3 is 0 Å². The summed E-state index contributed by atoms with van der Waals surface area (Å²) in [6, 6.07) is 156. The Morgan fingerprint density at radius 2 is 0.400 bits per heavy atom. The summed E-state index contributed by atoms with van der Waals surface area (Å²) in [5.41, 5.74) is 28.1. The molecule has 0 radical (unpaired) electrons. The molecule has 0 N–H and O–H groups in total. The van der Waals surface area contributed by atoms with Gasteiger partial charge in [-0.2, -0.15) is 0 Å². The second kappa shape index (κ2) is 29.0. The Morgan fingerprint density at radius 1 is 0.142 bits per heavy atom. The Labute approximate surface area is 692 Å². The minimum atomic E-state index is 0.679. The second-order valence-corrected chi connectivity index (χ2v) is 30.8. The van der Waals surface area contributed by atoms with E-state index in [4.69, 9.17) is 19.9 Å². The third-order valence-electron chi connectivity index (χ3n) is 23.8. The molecule has 0 saturated heterocycles. The first kappa shape index (κ1) is 69.4. The fourth-order valence-corrected chi connectivity index (χ4v) is 18.2. The number of nitrogens with zero attached hydrogens (tertiary/aromatic N) is 8. The van der Waals surface area contributed by atoms with Gasteiger partial charge in [0.15, 0.2) is 11.6 Å². The predicted molar refractivity (Wildman–Crippen MR) is 500 cm³/mol. The van der Waals surface area contributed by atoms with Crippen molar-refractivity contribution in [1.82, 2.24) is 38.2 Å². The largest absolute Gasteiger partial charge is 0.309 e. The molecule has 24 aromatic rings. The van der Waals surface area contributed by atoms with Crippen LogP contribution in [0.25, 0.3) is 222 Å². The molecule has 0 amide bonds. The van der Waals surface area contributed by atoms with E-state index in [9.17, 15) is 0 Å². The zero-order valence-corrected chi connectivity index (χ0v) is 65.1. The van der Waals surface area contributed by atoms with Gasteiger partial charge in [0.1, 0.15) is 0 Å². The molecule has 24 rings (SSSR count). The Bertz CT molecular complexity index is 7610. The lowest BCUT2D eigenvalue weighted by atomic mass is 10.0. The number of aromatic nitrogens is 8. The van der Waals surface area contributed by atoms with Crippen LogP contribution in [-0.4, -0.2) is 38.2 Å². The van der Waals surface area contributed by atoms with Gasteiger partial charge < -0.3 is 18.3 Å². The molecule has 0 fully saturated rings. The van der Waals surface area contributed by atoms with Gasteiger partial charge in [0, 0.05) is 98.6 Å². The quantitative estimate of drug-likeness (QED) is 0.122. The van der Waals surface area contributed by atoms with E-state index in [1.54, 1.807) is 0 Å². The Kier molecular flexibility index (Phi) is 16.7. The summed E-state index contributed by atoms with van der Waals surface area (Å²) in [5.74, 6) is 1.37. The van der Waals surface area contributed by atoms with Crippen molar-refractivity contribution in [3.05, 3.63) is 437 Å². The number of fused-ring (bicyclic) bond motifs is 14. The van der Waals surface area contributed by atoms with E-state index in [-0.39, 0.29) is 0 Å². The van der Waals surface area contributed by atoms with Crippen molar-refractivity contribution in [3.63, 3.8) is 0 Å². The molecule has 0 unspecified atom stereocenters. The highest BCUT2D eigenvalue weighted by Gasteiger charge is 2.25. The van der Waals surface area contributed by atoms with Crippen molar-refractivity contribution in [2.24, 2.45) is 0 Å². The first-order chi connectivity index (χ1) is 59.5. The van der Waals surface area contributed by atoms with Gasteiger partial charge in [-0.3, -0.25) is 0 Å². The molecule has 560 valence electrons. The zero-order valence-electron chi connectivity index (χ0n) is 65.1. The lowest BCUT2D eigenvalue weighted by Gasteiger charge is -2.16. The summed E-state index contributed by atoms with van der Waals surface area (Å²) in [7, 11) is 0. The molecule has 0 aliphatic heterocycles. The normalized spacial score (nSPS) is 11.7. The van der Waals surface area contributed by atoms with E-state index >= 15 is 0 Å². The van der Waals surface area contributed by atoms with Crippen molar-refractivity contribution in [2.45, 2.75) is 0 Å². The van der Waals surface area contributed by atoms with Crippen molar-refractivity contribution in [2.75, 3.05) is 0 Å². The third-order valence-corrected chi connectivity index (χ3v) is 23.8. The van der Waals surface area contributed by atoms with Crippen LogP contribution in [0.15, 0.2) is 437 Å². The van der Waals surface area contributed by atoms with Gasteiger partial charge in [-0.1, -0.05) is 328 Å².